The Kier molecular flexibility index (Phi) is 5.61. The van der Waals surface area contributed by atoms with Gasteiger partial charge in [0, 0.05) is 5.02 Å². The van der Waals surface area contributed by atoms with E-state index in [1.54, 1.807) is 6.07 Å². The zero-order valence-electron chi connectivity index (χ0n) is 11.6. The van der Waals surface area contributed by atoms with Gasteiger partial charge in [0.2, 0.25) is 0 Å². The van der Waals surface area contributed by atoms with Gasteiger partial charge < -0.3 is 9.73 Å². The van der Waals surface area contributed by atoms with Crippen molar-refractivity contribution >= 4 is 40.9 Å². The number of carbonyl (C=O) groups is 3. The number of benzene rings is 1. The Labute approximate surface area is 140 Å². The minimum Gasteiger partial charge on any atom is -0.459 e. The first-order valence-corrected chi connectivity index (χ1v) is 7.09. The summed E-state index contributed by atoms with van der Waals surface area (Å²) in [4.78, 5) is 35.0. The lowest BCUT2D eigenvalue weighted by molar-refractivity contribution is -0.120. The molecule has 0 spiro atoms. The van der Waals surface area contributed by atoms with E-state index in [1.807, 2.05) is 0 Å². The molecule has 0 atom stereocenters. The van der Waals surface area contributed by atoms with Crippen molar-refractivity contribution < 1.29 is 18.8 Å². The Morgan fingerprint density at radius 3 is 2.52 bits per heavy atom. The highest BCUT2D eigenvalue weighted by Gasteiger charge is 2.13. The molecule has 1 heterocycles. The van der Waals surface area contributed by atoms with E-state index in [2.05, 4.69) is 16.2 Å². The maximum atomic E-state index is 11.9. The van der Waals surface area contributed by atoms with Gasteiger partial charge in [-0.05, 0) is 30.3 Å². The van der Waals surface area contributed by atoms with E-state index in [9.17, 15) is 14.4 Å². The molecule has 7 nitrogen and oxygen atoms in total. The standard InChI is InChI=1S/C14H11Cl2N3O4/c15-8-3-4-10(16)9(6-8)13(21)19-18-12(20)7-17-14(22)11-2-1-5-23-11/h1-6H,7H2,(H,17,22)(H,18,20)(H,19,21). The van der Waals surface area contributed by atoms with Crippen LogP contribution in [0.5, 0.6) is 0 Å². The van der Waals surface area contributed by atoms with Gasteiger partial charge in [-0.3, -0.25) is 25.2 Å². The van der Waals surface area contributed by atoms with Gasteiger partial charge >= 0.3 is 0 Å². The van der Waals surface area contributed by atoms with E-state index < -0.39 is 17.7 Å². The number of carbonyl (C=O) groups excluding carboxylic acids is 3. The molecule has 23 heavy (non-hydrogen) atoms. The second kappa shape index (κ2) is 7.66. The lowest BCUT2D eigenvalue weighted by Gasteiger charge is -2.09. The molecule has 3 N–H and O–H groups in total. The first kappa shape index (κ1) is 16.9. The zero-order valence-corrected chi connectivity index (χ0v) is 13.1. The highest BCUT2D eigenvalue weighted by molar-refractivity contribution is 6.35. The third-order valence-electron chi connectivity index (χ3n) is 2.64. The van der Waals surface area contributed by atoms with E-state index in [0.29, 0.717) is 5.02 Å². The number of hydrogen-bond acceptors (Lipinski definition) is 4. The van der Waals surface area contributed by atoms with Gasteiger partial charge in [-0.15, -0.1) is 0 Å². The maximum absolute atomic E-state index is 11.9. The molecule has 0 saturated carbocycles. The van der Waals surface area contributed by atoms with E-state index in [1.165, 1.54) is 30.5 Å². The molecular formula is C14H11Cl2N3O4. The minimum atomic E-state index is -0.636. The molecule has 3 amide bonds. The topological polar surface area (TPSA) is 100 Å². The van der Waals surface area contributed by atoms with Gasteiger partial charge in [0.25, 0.3) is 17.7 Å². The van der Waals surface area contributed by atoms with Crippen molar-refractivity contribution in [1.82, 2.24) is 16.2 Å². The minimum absolute atomic E-state index is 0.0764. The molecule has 0 aliphatic heterocycles. The Balaban J connectivity index is 1.81. The summed E-state index contributed by atoms with van der Waals surface area (Å²) in [5, 5.41) is 2.84. The van der Waals surface area contributed by atoms with Gasteiger partial charge in [0.15, 0.2) is 5.76 Å². The van der Waals surface area contributed by atoms with Crippen LogP contribution in [0.4, 0.5) is 0 Å². The van der Waals surface area contributed by atoms with Gasteiger partial charge in [0.05, 0.1) is 23.4 Å². The maximum Gasteiger partial charge on any atom is 0.287 e. The van der Waals surface area contributed by atoms with Crippen molar-refractivity contribution in [2.24, 2.45) is 0 Å². The Morgan fingerprint density at radius 2 is 1.83 bits per heavy atom. The Hall–Kier alpha value is -2.51. The summed E-state index contributed by atoms with van der Waals surface area (Å²) in [6.45, 7) is -0.344. The molecule has 2 aromatic rings. The molecule has 0 radical (unpaired) electrons. The van der Waals surface area contributed by atoms with Crippen LogP contribution >= 0.6 is 23.2 Å². The van der Waals surface area contributed by atoms with Crippen LogP contribution < -0.4 is 16.2 Å². The van der Waals surface area contributed by atoms with E-state index in [-0.39, 0.29) is 22.9 Å². The molecule has 0 fully saturated rings. The number of amides is 3. The van der Waals surface area contributed by atoms with Crippen molar-refractivity contribution in [2.75, 3.05) is 6.54 Å². The zero-order chi connectivity index (χ0) is 16.8. The first-order valence-electron chi connectivity index (χ1n) is 6.33. The SMILES string of the molecule is O=C(CNC(=O)c1ccco1)NNC(=O)c1cc(Cl)ccc1Cl. The monoisotopic (exact) mass is 355 g/mol. The second-order valence-electron chi connectivity index (χ2n) is 4.29. The van der Waals surface area contributed by atoms with E-state index >= 15 is 0 Å². The summed E-state index contributed by atoms with van der Waals surface area (Å²) in [5.74, 6) is -1.73. The summed E-state index contributed by atoms with van der Waals surface area (Å²) >= 11 is 11.6. The summed E-state index contributed by atoms with van der Waals surface area (Å²) in [6, 6.07) is 7.36. The van der Waals surface area contributed by atoms with Crippen LogP contribution in [0.3, 0.4) is 0 Å². The molecule has 9 heteroatoms. The van der Waals surface area contributed by atoms with E-state index in [4.69, 9.17) is 27.6 Å². The molecule has 120 valence electrons. The van der Waals surface area contributed by atoms with Gasteiger partial charge in [-0.2, -0.15) is 0 Å². The third kappa shape index (κ3) is 4.73. The van der Waals surface area contributed by atoms with Crippen LogP contribution in [0.2, 0.25) is 10.0 Å². The smallest absolute Gasteiger partial charge is 0.287 e. The average molecular weight is 356 g/mol. The quantitative estimate of drug-likeness (QED) is 0.727. The normalized spacial score (nSPS) is 10.0. The molecule has 0 saturated heterocycles. The highest BCUT2D eigenvalue weighted by Crippen LogP contribution is 2.20. The fourth-order valence-electron chi connectivity index (χ4n) is 1.56. The van der Waals surface area contributed by atoms with Gasteiger partial charge in [-0.25, -0.2) is 0 Å². The van der Waals surface area contributed by atoms with Crippen LogP contribution in [0, 0.1) is 0 Å². The van der Waals surface area contributed by atoms with Crippen LogP contribution in [-0.4, -0.2) is 24.3 Å². The van der Waals surface area contributed by atoms with Crippen molar-refractivity contribution in [1.29, 1.82) is 0 Å². The lowest BCUT2D eigenvalue weighted by Crippen LogP contribution is -2.46. The van der Waals surface area contributed by atoms with Crippen LogP contribution in [0.1, 0.15) is 20.9 Å². The molecule has 1 aromatic heterocycles. The largest absolute Gasteiger partial charge is 0.459 e. The molecule has 0 aliphatic rings. The highest BCUT2D eigenvalue weighted by atomic mass is 35.5. The van der Waals surface area contributed by atoms with Gasteiger partial charge in [-0.1, -0.05) is 23.2 Å². The van der Waals surface area contributed by atoms with Crippen molar-refractivity contribution in [3.63, 3.8) is 0 Å². The van der Waals surface area contributed by atoms with Crippen molar-refractivity contribution in [3.8, 4) is 0 Å². The Morgan fingerprint density at radius 1 is 1.04 bits per heavy atom. The molecule has 0 unspecified atom stereocenters. The molecule has 0 bridgehead atoms. The van der Waals surface area contributed by atoms with Crippen molar-refractivity contribution in [3.05, 3.63) is 58.0 Å². The first-order chi connectivity index (χ1) is 11.0. The predicted molar refractivity (Wildman–Crippen MR) is 83.1 cm³/mol. The Bertz CT molecular complexity index is 732. The summed E-state index contributed by atoms with van der Waals surface area (Å²) in [6.07, 6.45) is 1.34. The van der Waals surface area contributed by atoms with Gasteiger partial charge in [0.1, 0.15) is 0 Å². The third-order valence-corrected chi connectivity index (χ3v) is 3.21. The van der Waals surface area contributed by atoms with Crippen LogP contribution in [0.25, 0.3) is 0 Å². The summed E-state index contributed by atoms with van der Waals surface area (Å²) < 4.78 is 4.87. The predicted octanol–water partition coefficient (Wildman–Crippen LogP) is 1.78. The molecule has 0 aliphatic carbocycles. The number of rotatable bonds is 4. The number of nitrogens with one attached hydrogen (secondary N) is 3. The van der Waals surface area contributed by atoms with Crippen LogP contribution in [-0.2, 0) is 4.79 Å². The summed E-state index contributed by atoms with van der Waals surface area (Å²) in [5.41, 5.74) is 4.42. The fraction of sp³-hybridized carbons (Fsp3) is 0.0714. The number of furan rings is 1. The molecular weight excluding hydrogens is 345 g/mol. The molecule has 2 rings (SSSR count). The second-order valence-corrected chi connectivity index (χ2v) is 5.13. The number of halogens is 2. The van der Waals surface area contributed by atoms with Crippen LogP contribution in [0.15, 0.2) is 41.0 Å². The fourth-order valence-corrected chi connectivity index (χ4v) is 1.94. The lowest BCUT2D eigenvalue weighted by atomic mass is 10.2. The van der Waals surface area contributed by atoms with Crippen molar-refractivity contribution in [2.45, 2.75) is 0 Å². The van der Waals surface area contributed by atoms with E-state index in [0.717, 1.165) is 0 Å². The molecule has 1 aromatic carbocycles. The summed E-state index contributed by atoms with van der Waals surface area (Å²) in [7, 11) is 0. The average Bonchev–Trinajstić information content (AvgIpc) is 3.07. The number of hydrogen-bond donors (Lipinski definition) is 3. The number of hydrazine groups is 1.